The number of hydrogen-bond donors (Lipinski definition) is 1. The summed E-state index contributed by atoms with van der Waals surface area (Å²) >= 11 is 0. The highest BCUT2D eigenvalue weighted by Crippen LogP contribution is 2.19. The number of nitrogens with zero attached hydrogens (tertiary/aromatic N) is 4. The van der Waals surface area contributed by atoms with Crippen molar-refractivity contribution >= 4 is 11.9 Å². The summed E-state index contributed by atoms with van der Waals surface area (Å²) in [6.45, 7) is 4.15. The Labute approximate surface area is 113 Å². The van der Waals surface area contributed by atoms with Gasteiger partial charge in [0.05, 0.1) is 19.3 Å². The molecule has 106 valence electrons. The second-order valence-corrected chi connectivity index (χ2v) is 4.47. The molecule has 1 atom stereocenters. The lowest BCUT2D eigenvalue weighted by atomic mass is 10.2. The minimum atomic E-state index is 0.311. The molecule has 0 amide bonds. The van der Waals surface area contributed by atoms with Crippen LogP contribution in [0.2, 0.25) is 0 Å². The number of likely N-dealkylation sites (N-methyl/N-ethyl adjacent to an activating group) is 1. The fraction of sp³-hybridized carbons (Fsp3) is 0.750. The predicted molar refractivity (Wildman–Crippen MR) is 72.8 cm³/mol. The number of hydrogen-bond acceptors (Lipinski definition) is 7. The Morgan fingerprint density at radius 2 is 2.26 bits per heavy atom. The Bertz CT molecular complexity index is 409. The summed E-state index contributed by atoms with van der Waals surface area (Å²) in [6, 6.07) is 0.674. The molecule has 19 heavy (non-hydrogen) atoms. The minimum Gasteiger partial charge on any atom is -0.463 e. The van der Waals surface area contributed by atoms with E-state index in [1.54, 1.807) is 7.05 Å². The monoisotopic (exact) mass is 267 g/mol. The molecule has 2 rings (SSSR count). The highest BCUT2D eigenvalue weighted by molar-refractivity contribution is 5.38. The van der Waals surface area contributed by atoms with E-state index < -0.39 is 0 Å². The Morgan fingerprint density at radius 1 is 1.42 bits per heavy atom. The van der Waals surface area contributed by atoms with Crippen LogP contribution in [0.1, 0.15) is 19.8 Å². The van der Waals surface area contributed by atoms with Gasteiger partial charge in [0.25, 0.3) is 0 Å². The molecule has 0 saturated carbocycles. The molecule has 1 N–H and O–H groups in total. The van der Waals surface area contributed by atoms with Crippen molar-refractivity contribution in [3.8, 4) is 6.01 Å². The van der Waals surface area contributed by atoms with E-state index in [1.807, 2.05) is 18.9 Å². The van der Waals surface area contributed by atoms with Gasteiger partial charge in [0.2, 0.25) is 11.9 Å². The largest absolute Gasteiger partial charge is 0.463 e. The molecule has 0 aliphatic carbocycles. The number of rotatable bonds is 6. The lowest BCUT2D eigenvalue weighted by molar-refractivity contribution is 0.193. The first kappa shape index (κ1) is 13.8. The molecule has 1 unspecified atom stereocenters. The molecule has 1 aromatic heterocycles. The van der Waals surface area contributed by atoms with E-state index >= 15 is 0 Å². The Balaban J connectivity index is 2.17. The SMILES string of the molecule is CCCOc1nc(NC)nc(N(C)C2CCOC2)n1. The lowest BCUT2D eigenvalue weighted by Crippen LogP contribution is -2.33. The Kier molecular flexibility index (Phi) is 4.73. The van der Waals surface area contributed by atoms with E-state index in [2.05, 4.69) is 20.3 Å². The Hall–Kier alpha value is -1.63. The standard InChI is InChI=1S/C12H21N5O2/c1-4-6-19-12-15-10(13-2)14-11(16-12)17(3)9-5-7-18-8-9/h9H,4-8H2,1-3H3,(H,13,14,15,16). The molecular weight excluding hydrogens is 246 g/mol. The van der Waals surface area contributed by atoms with E-state index in [9.17, 15) is 0 Å². The normalized spacial score (nSPS) is 18.4. The maximum atomic E-state index is 5.49. The van der Waals surface area contributed by atoms with E-state index in [1.165, 1.54) is 0 Å². The summed E-state index contributed by atoms with van der Waals surface area (Å²) in [5, 5.41) is 2.93. The van der Waals surface area contributed by atoms with Crippen LogP contribution in [0.5, 0.6) is 6.01 Å². The van der Waals surface area contributed by atoms with Gasteiger partial charge in [0, 0.05) is 20.7 Å². The third-order valence-corrected chi connectivity index (χ3v) is 3.03. The molecule has 1 aliphatic heterocycles. The zero-order valence-electron chi connectivity index (χ0n) is 11.7. The topological polar surface area (TPSA) is 72.4 Å². The van der Waals surface area contributed by atoms with Crippen LogP contribution in [-0.4, -0.2) is 54.9 Å². The molecule has 1 fully saturated rings. The molecule has 7 nitrogen and oxygen atoms in total. The fourth-order valence-corrected chi connectivity index (χ4v) is 1.86. The molecule has 0 spiro atoms. The number of nitrogens with one attached hydrogen (secondary N) is 1. The van der Waals surface area contributed by atoms with Crippen LogP contribution in [0, 0.1) is 0 Å². The van der Waals surface area contributed by atoms with Crippen molar-refractivity contribution in [2.24, 2.45) is 0 Å². The molecule has 0 bridgehead atoms. The highest BCUT2D eigenvalue weighted by Gasteiger charge is 2.23. The van der Waals surface area contributed by atoms with E-state index in [0.717, 1.165) is 19.4 Å². The maximum Gasteiger partial charge on any atom is 0.323 e. The van der Waals surface area contributed by atoms with Gasteiger partial charge in [-0.1, -0.05) is 6.92 Å². The zero-order chi connectivity index (χ0) is 13.7. The van der Waals surface area contributed by atoms with Crippen LogP contribution < -0.4 is 15.0 Å². The van der Waals surface area contributed by atoms with Gasteiger partial charge < -0.3 is 19.7 Å². The van der Waals surface area contributed by atoms with Crippen LogP contribution in [-0.2, 0) is 4.74 Å². The minimum absolute atomic E-state index is 0.311. The van der Waals surface area contributed by atoms with Gasteiger partial charge in [-0.15, -0.1) is 0 Å². The van der Waals surface area contributed by atoms with Gasteiger partial charge in [0.15, 0.2) is 0 Å². The quantitative estimate of drug-likeness (QED) is 0.821. The first-order valence-electron chi connectivity index (χ1n) is 6.61. The molecule has 1 aromatic rings. The smallest absolute Gasteiger partial charge is 0.323 e. The first-order valence-corrected chi connectivity index (χ1v) is 6.61. The van der Waals surface area contributed by atoms with Crippen LogP contribution in [0.3, 0.4) is 0 Å². The highest BCUT2D eigenvalue weighted by atomic mass is 16.5. The molecule has 1 aliphatic rings. The third kappa shape index (κ3) is 3.44. The summed E-state index contributed by atoms with van der Waals surface area (Å²) in [5.41, 5.74) is 0. The van der Waals surface area contributed by atoms with E-state index in [0.29, 0.717) is 37.2 Å². The maximum absolute atomic E-state index is 5.49. The second-order valence-electron chi connectivity index (χ2n) is 4.47. The molecule has 1 saturated heterocycles. The first-order chi connectivity index (χ1) is 9.24. The number of ether oxygens (including phenoxy) is 2. The second kappa shape index (κ2) is 6.51. The molecule has 0 radical (unpaired) electrons. The van der Waals surface area contributed by atoms with Crippen molar-refractivity contribution in [3.05, 3.63) is 0 Å². The summed E-state index contributed by atoms with van der Waals surface area (Å²) in [5.74, 6) is 1.13. The van der Waals surface area contributed by atoms with E-state index in [-0.39, 0.29) is 0 Å². The summed E-state index contributed by atoms with van der Waals surface area (Å²) in [6.07, 6.45) is 1.91. The van der Waals surface area contributed by atoms with Crippen molar-refractivity contribution in [2.75, 3.05) is 44.1 Å². The van der Waals surface area contributed by atoms with Gasteiger partial charge in [-0.05, 0) is 12.8 Å². The average Bonchev–Trinajstić information content (AvgIpc) is 2.98. The van der Waals surface area contributed by atoms with Crippen LogP contribution in [0.15, 0.2) is 0 Å². The van der Waals surface area contributed by atoms with Gasteiger partial charge in [-0.3, -0.25) is 0 Å². The third-order valence-electron chi connectivity index (χ3n) is 3.03. The van der Waals surface area contributed by atoms with Gasteiger partial charge in [-0.2, -0.15) is 15.0 Å². The van der Waals surface area contributed by atoms with Gasteiger partial charge in [0.1, 0.15) is 0 Å². The summed E-state index contributed by atoms with van der Waals surface area (Å²) in [4.78, 5) is 14.9. The van der Waals surface area contributed by atoms with Crippen LogP contribution >= 0.6 is 0 Å². The van der Waals surface area contributed by atoms with Crippen molar-refractivity contribution in [2.45, 2.75) is 25.8 Å². The van der Waals surface area contributed by atoms with Crippen molar-refractivity contribution < 1.29 is 9.47 Å². The molecule has 0 aromatic carbocycles. The number of anilines is 2. The molecular formula is C12H21N5O2. The van der Waals surface area contributed by atoms with Gasteiger partial charge in [-0.25, -0.2) is 0 Å². The number of aromatic nitrogens is 3. The molecule has 7 heteroatoms. The lowest BCUT2D eigenvalue weighted by Gasteiger charge is -2.23. The van der Waals surface area contributed by atoms with Crippen molar-refractivity contribution in [1.82, 2.24) is 15.0 Å². The van der Waals surface area contributed by atoms with Crippen molar-refractivity contribution in [1.29, 1.82) is 0 Å². The molecule has 2 heterocycles. The zero-order valence-corrected chi connectivity index (χ0v) is 11.7. The predicted octanol–water partition coefficient (Wildman–Crippen LogP) is 0.927. The van der Waals surface area contributed by atoms with E-state index in [4.69, 9.17) is 9.47 Å². The van der Waals surface area contributed by atoms with Crippen LogP contribution in [0.25, 0.3) is 0 Å². The fourth-order valence-electron chi connectivity index (χ4n) is 1.86. The van der Waals surface area contributed by atoms with Gasteiger partial charge >= 0.3 is 6.01 Å². The summed E-state index contributed by atoms with van der Waals surface area (Å²) < 4.78 is 10.9. The van der Waals surface area contributed by atoms with Crippen LogP contribution in [0.4, 0.5) is 11.9 Å². The average molecular weight is 267 g/mol. The summed E-state index contributed by atoms with van der Waals surface area (Å²) in [7, 11) is 3.75. The van der Waals surface area contributed by atoms with Crippen molar-refractivity contribution in [3.63, 3.8) is 0 Å². The Morgan fingerprint density at radius 3 is 2.89 bits per heavy atom.